The largest absolute Gasteiger partial charge is 1.00 e. The van der Waals surface area contributed by atoms with Crippen LogP contribution in [0.5, 0.6) is 0 Å². The Morgan fingerprint density at radius 2 is 2.00 bits per heavy atom. The van der Waals surface area contributed by atoms with Crippen molar-refractivity contribution >= 4 is 10.4 Å². The van der Waals surface area contributed by atoms with Crippen molar-refractivity contribution in [3.8, 4) is 0 Å². The molecule has 6 heteroatoms. The molecule has 0 aliphatic heterocycles. The van der Waals surface area contributed by atoms with Crippen LogP contribution < -0.4 is 0 Å². The monoisotopic (exact) mass is 188 g/mol. The first kappa shape index (κ1) is 11.2. The van der Waals surface area contributed by atoms with Crippen molar-refractivity contribution in [2.75, 3.05) is 6.61 Å². The SMILES string of the molecule is CCOS(=O)(=O)[O-].[Cu+]. The second kappa shape index (κ2) is 4.29. The predicted molar refractivity (Wildman–Crippen MR) is 21.3 cm³/mol. The zero-order valence-corrected chi connectivity index (χ0v) is 5.81. The van der Waals surface area contributed by atoms with Gasteiger partial charge in [0, 0.05) is 0 Å². The minimum atomic E-state index is -4.42. The normalized spacial score (nSPS) is 10.2. The van der Waals surface area contributed by atoms with Crippen molar-refractivity contribution in [1.29, 1.82) is 0 Å². The fourth-order valence-electron chi connectivity index (χ4n) is 0.144. The van der Waals surface area contributed by atoms with Gasteiger partial charge in [-0.2, -0.15) is 0 Å². The van der Waals surface area contributed by atoms with Gasteiger partial charge < -0.3 is 4.55 Å². The molecule has 8 heavy (non-hydrogen) atoms. The van der Waals surface area contributed by atoms with Crippen LogP contribution in [0.15, 0.2) is 0 Å². The van der Waals surface area contributed by atoms with Crippen molar-refractivity contribution in [3.05, 3.63) is 0 Å². The summed E-state index contributed by atoms with van der Waals surface area (Å²) in [4.78, 5) is 0. The molecule has 54 valence electrons. The van der Waals surface area contributed by atoms with Crippen LogP contribution >= 0.6 is 0 Å². The Labute approximate surface area is 58.7 Å². The molecule has 0 bridgehead atoms. The number of rotatable bonds is 2. The molecule has 0 aromatic heterocycles. The summed E-state index contributed by atoms with van der Waals surface area (Å²) in [6, 6.07) is 0. The molecule has 0 rings (SSSR count). The fourth-order valence-corrected chi connectivity index (χ4v) is 0.433. The summed E-state index contributed by atoms with van der Waals surface area (Å²) in [7, 11) is -4.42. The van der Waals surface area contributed by atoms with Gasteiger partial charge in [0.15, 0.2) is 0 Å². The van der Waals surface area contributed by atoms with Gasteiger partial charge in [-0.05, 0) is 6.92 Å². The fraction of sp³-hybridized carbons (Fsp3) is 1.00. The Bertz CT molecular complexity index is 127. The Hall–Kier alpha value is 0.389. The maximum absolute atomic E-state index is 9.45. The molecule has 0 saturated carbocycles. The van der Waals surface area contributed by atoms with E-state index in [1.807, 2.05) is 0 Å². The standard InChI is InChI=1S/C2H6O4S.Cu/c1-2-6-7(3,4)5;/h2H2,1H3,(H,3,4,5);/q;+1/p-1. The van der Waals surface area contributed by atoms with Gasteiger partial charge in [-0.3, -0.25) is 4.18 Å². The van der Waals surface area contributed by atoms with E-state index in [9.17, 15) is 13.0 Å². The second-order valence-corrected chi connectivity index (χ2v) is 1.87. The van der Waals surface area contributed by atoms with Crippen molar-refractivity contribution in [3.63, 3.8) is 0 Å². The molecule has 0 aromatic carbocycles. The molecule has 0 radical (unpaired) electrons. The minimum Gasteiger partial charge on any atom is -0.726 e. The molecule has 0 amide bonds. The van der Waals surface area contributed by atoms with Crippen LogP contribution in [-0.4, -0.2) is 19.6 Å². The molecule has 0 aliphatic carbocycles. The first-order chi connectivity index (χ1) is 3.06. The molecule has 0 spiro atoms. The van der Waals surface area contributed by atoms with E-state index >= 15 is 0 Å². The summed E-state index contributed by atoms with van der Waals surface area (Å²) < 4.78 is 32.0. The first-order valence-corrected chi connectivity index (χ1v) is 3.00. The van der Waals surface area contributed by atoms with E-state index in [1.54, 1.807) is 0 Å². The Morgan fingerprint density at radius 3 is 2.00 bits per heavy atom. The average Bonchev–Trinajstić information content (AvgIpc) is 1.30. The van der Waals surface area contributed by atoms with E-state index in [1.165, 1.54) is 6.92 Å². The van der Waals surface area contributed by atoms with E-state index in [2.05, 4.69) is 4.18 Å². The summed E-state index contributed by atoms with van der Waals surface area (Å²) in [5.74, 6) is 0. The molecule has 0 N–H and O–H groups in total. The summed E-state index contributed by atoms with van der Waals surface area (Å²) >= 11 is 0. The predicted octanol–water partition coefficient (Wildman–Crippen LogP) is -0.519. The van der Waals surface area contributed by atoms with Crippen LogP contribution in [0.2, 0.25) is 0 Å². The summed E-state index contributed by atoms with van der Waals surface area (Å²) in [6.45, 7) is 1.33. The number of hydrogen-bond acceptors (Lipinski definition) is 4. The molecule has 0 aliphatic rings. The smallest absolute Gasteiger partial charge is 0.726 e. The van der Waals surface area contributed by atoms with Crippen molar-refractivity contribution < 1.29 is 34.2 Å². The maximum atomic E-state index is 9.45. The molecule has 0 aromatic rings. The van der Waals surface area contributed by atoms with Gasteiger partial charge >= 0.3 is 17.1 Å². The molecular formula is C2H5CuO4S. The Balaban J connectivity index is 0. The van der Waals surface area contributed by atoms with Crippen LogP contribution in [0.25, 0.3) is 0 Å². The minimum absolute atomic E-state index is 0. The molecule has 0 atom stereocenters. The van der Waals surface area contributed by atoms with E-state index in [0.29, 0.717) is 0 Å². The third-order valence-electron chi connectivity index (χ3n) is 0.262. The third-order valence-corrected chi connectivity index (χ3v) is 0.787. The Kier molecular flexibility index (Phi) is 6.01. The van der Waals surface area contributed by atoms with Gasteiger partial charge in [0.25, 0.3) is 0 Å². The average molecular weight is 189 g/mol. The molecule has 0 fully saturated rings. The first-order valence-electron chi connectivity index (χ1n) is 1.66. The molecule has 0 heterocycles. The Morgan fingerprint density at radius 1 is 1.62 bits per heavy atom. The maximum Gasteiger partial charge on any atom is 1.00 e. The van der Waals surface area contributed by atoms with Gasteiger partial charge in [0.2, 0.25) is 10.4 Å². The van der Waals surface area contributed by atoms with E-state index in [4.69, 9.17) is 0 Å². The third kappa shape index (κ3) is 9.63. The second-order valence-electron chi connectivity index (χ2n) is 0.815. The summed E-state index contributed by atoms with van der Waals surface area (Å²) in [6.07, 6.45) is 0. The van der Waals surface area contributed by atoms with Crippen LogP contribution in [0, 0.1) is 0 Å². The van der Waals surface area contributed by atoms with Gasteiger partial charge in [0.05, 0.1) is 6.61 Å². The number of hydrogen-bond donors (Lipinski definition) is 0. The van der Waals surface area contributed by atoms with Crippen molar-refractivity contribution in [2.24, 2.45) is 0 Å². The van der Waals surface area contributed by atoms with E-state index in [-0.39, 0.29) is 23.7 Å². The van der Waals surface area contributed by atoms with Crippen LogP contribution in [0.4, 0.5) is 0 Å². The van der Waals surface area contributed by atoms with Gasteiger partial charge in [-0.1, -0.05) is 0 Å². The summed E-state index contributed by atoms with van der Waals surface area (Å²) in [5, 5.41) is 0. The van der Waals surface area contributed by atoms with Gasteiger partial charge in [-0.15, -0.1) is 0 Å². The topological polar surface area (TPSA) is 66.4 Å². The van der Waals surface area contributed by atoms with Crippen LogP contribution in [0.1, 0.15) is 6.92 Å². The summed E-state index contributed by atoms with van der Waals surface area (Å²) in [5.41, 5.74) is 0. The van der Waals surface area contributed by atoms with Crippen LogP contribution in [0.3, 0.4) is 0 Å². The molecule has 0 saturated heterocycles. The van der Waals surface area contributed by atoms with Crippen molar-refractivity contribution in [1.82, 2.24) is 0 Å². The zero-order valence-electron chi connectivity index (χ0n) is 4.05. The van der Waals surface area contributed by atoms with Gasteiger partial charge in [0.1, 0.15) is 0 Å². The van der Waals surface area contributed by atoms with Crippen molar-refractivity contribution in [2.45, 2.75) is 6.92 Å². The zero-order chi connectivity index (χ0) is 5.91. The quantitative estimate of drug-likeness (QED) is 0.332. The van der Waals surface area contributed by atoms with Gasteiger partial charge in [-0.25, -0.2) is 8.42 Å². The van der Waals surface area contributed by atoms with E-state index in [0.717, 1.165) is 0 Å². The van der Waals surface area contributed by atoms with E-state index < -0.39 is 10.4 Å². The molecular weight excluding hydrogens is 184 g/mol. The van der Waals surface area contributed by atoms with Crippen LogP contribution in [-0.2, 0) is 31.7 Å². The molecule has 0 unspecified atom stereocenters. The molecule has 4 nitrogen and oxygen atoms in total.